The Kier molecular flexibility index (Phi) is 3.17. The van der Waals surface area contributed by atoms with Gasteiger partial charge in [0, 0.05) is 18.0 Å². The van der Waals surface area contributed by atoms with Crippen LogP contribution in [0.2, 0.25) is 5.15 Å². The number of halogens is 1. The molecular weight excluding hydrogens is 222 g/mol. The number of para-hydroxylation sites is 1. The van der Waals surface area contributed by atoms with Crippen LogP contribution in [0.3, 0.4) is 0 Å². The first-order valence-corrected chi connectivity index (χ1v) is 5.83. The van der Waals surface area contributed by atoms with Crippen molar-refractivity contribution >= 4 is 22.5 Å². The van der Waals surface area contributed by atoms with Crippen LogP contribution >= 0.6 is 11.6 Å². The first-order valence-electron chi connectivity index (χ1n) is 5.45. The number of hydrogen-bond acceptors (Lipinski definition) is 2. The van der Waals surface area contributed by atoms with Crippen LogP contribution in [-0.2, 0) is 6.54 Å². The molecule has 86 valence electrons. The molecule has 0 radical (unpaired) electrons. The zero-order chi connectivity index (χ0) is 11.7. The normalized spacial score (nSPS) is 11.6. The molecule has 0 bridgehead atoms. The van der Waals surface area contributed by atoms with Crippen LogP contribution in [0.4, 0.5) is 0 Å². The van der Waals surface area contributed by atoms with Gasteiger partial charge in [-0.3, -0.25) is 4.68 Å². The highest BCUT2D eigenvalue weighted by atomic mass is 35.5. The number of hydrogen-bond donors (Lipinski definition) is 1. The summed E-state index contributed by atoms with van der Waals surface area (Å²) in [6.07, 6.45) is 0. The van der Waals surface area contributed by atoms with E-state index in [0.29, 0.717) is 11.2 Å². The molecule has 2 rings (SSSR count). The summed E-state index contributed by atoms with van der Waals surface area (Å²) in [6.45, 7) is 5.05. The average molecular weight is 238 g/mol. The largest absolute Gasteiger partial charge is 0.316 e. The van der Waals surface area contributed by atoms with E-state index >= 15 is 0 Å². The summed E-state index contributed by atoms with van der Waals surface area (Å²) in [5.41, 5.74) is 2.37. The van der Waals surface area contributed by atoms with E-state index < -0.39 is 0 Å². The Bertz CT molecular complexity index is 502. The molecule has 16 heavy (non-hydrogen) atoms. The van der Waals surface area contributed by atoms with Gasteiger partial charge in [-0.2, -0.15) is 5.10 Å². The maximum Gasteiger partial charge on any atom is 0.158 e. The second-order valence-corrected chi connectivity index (χ2v) is 4.53. The van der Waals surface area contributed by atoms with Crippen molar-refractivity contribution in [3.05, 3.63) is 28.9 Å². The minimum atomic E-state index is 0.313. The summed E-state index contributed by atoms with van der Waals surface area (Å²) >= 11 is 6.14. The fourth-order valence-corrected chi connectivity index (χ4v) is 2.17. The van der Waals surface area contributed by atoms with Crippen LogP contribution in [-0.4, -0.2) is 16.8 Å². The van der Waals surface area contributed by atoms with E-state index in [1.807, 2.05) is 23.9 Å². The van der Waals surface area contributed by atoms with E-state index in [-0.39, 0.29) is 0 Å². The zero-order valence-electron chi connectivity index (χ0n) is 9.79. The SMILES string of the molecule is CNCc1cccc2c(Cl)nn(C(C)C)c12. The summed E-state index contributed by atoms with van der Waals surface area (Å²) in [6, 6.07) is 6.46. The highest BCUT2D eigenvalue weighted by molar-refractivity contribution is 6.34. The standard InChI is InChI=1S/C12H16ClN3/c1-8(2)16-11-9(7-14-3)5-4-6-10(11)12(13)15-16/h4-6,8,14H,7H2,1-3H3. The van der Waals surface area contributed by atoms with E-state index in [9.17, 15) is 0 Å². The van der Waals surface area contributed by atoms with Gasteiger partial charge in [0.05, 0.1) is 5.52 Å². The van der Waals surface area contributed by atoms with Crippen molar-refractivity contribution in [2.75, 3.05) is 7.05 Å². The third kappa shape index (κ3) is 1.81. The lowest BCUT2D eigenvalue weighted by Crippen LogP contribution is -2.09. The Labute approximate surface area is 100 Å². The van der Waals surface area contributed by atoms with Crippen LogP contribution in [0.15, 0.2) is 18.2 Å². The predicted molar refractivity (Wildman–Crippen MR) is 67.9 cm³/mol. The summed E-state index contributed by atoms with van der Waals surface area (Å²) in [4.78, 5) is 0. The number of benzene rings is 1. The Hall–Kier alpha value is -1.06. The molecule has 0 amide bonds. The van der Waals surface area contributed by atoms with Gasteiger partial charge in [0.15, 0.2) is 5.15 Å². The molecule has 3 nitrogen and oxygen atoms in total. The lowest BCUT2D eigenvalue weighted by Gasteiger charge is -2.10. The molecule has 0 saturated carbocycles. The topological polar surface area (TPSA) is 29.9 Å². The predicted octanol–water partition coefficient (Wildman–Crippen LogP) is 2.99. The van der Waals surface area contributed by atoms with Gasteiger partial charge in [-0.05, 0) is 32.5 Å². The number of nitrogens with one attached hydrogen (secondary N) is 1. The molecule has 1 N–H and O–H groups in total. The molecule has 2 aromatic rings. The lowest BCUT2D eigenvalue weighted by molar-refractivity contribution is 0.549. The summed E-state index contributed by atoms with van der Waals surface area (Å²) < 4.78 is 1.99. The Balaban J connectivity index is 2.72. The van der Waals surface area contributed by atoms with Crippen molar-refractivity contribution in [2.45, 2.75) is 26.4 Å². The van der Waals surface area contributed by atoms with Crippen molar-refractivity contribution in [1.29, 1.82) is 0 Å². The number of nitrogens with zero attached hydrogens (tertiary/aromatic N) is 2. The third-order valence-electron chi connectivity index (χ3n) is 2.62. The highest BCUT2D eigenvalue weighted by Crippen LogP contribution is 2.28. The minimum absolute atomic E-state index is 0.313. The summed E-state index contributed by atoms with van der Waals surface area (Å²) in [7, 11) is 1.94. The van der Waals surface area contributed by atoms with Crippen LogP contribution in [0.25, 0.3) is 10.9 Å². The Morgan fingerprint density at radius 3 is 2.81 bits per heavy atom. The van der Waals surface area contributed by atoms with E-state index in [1.165, 1.54) is 5.56 Å². The monoisotopic (exact) mass is 237 g/mol. The van der Waals surface area contributed by atoms with Gasteiger partial charge in [0.2, 0.25) is 0 Å². The Morgan fingerprint density at radius 2 is 2.19 bits per heavy atom. The number of aromatic nitrogens is 2. The van der Waals surface area contributed by atoms with Crippen molar-refractivity contribution in [3.8, 4) is 0 Å². The van der Waals surface area contributed by atoms with Gasteiger partial charge in [0.1, 0.15) is 0 Å². The van der Waals surface area contributed by atoms with Crippen LogP contribution in [0.5, 0.6) is 0 Å². The fourth-order valence-electron chi connectivity index (χ4n) is 1.93. The van der Waals surface area contributed by atoms with Crippen LogP contribution < -0.4 is 5.32 Å². The molecule has 0 aliphatic carbocycles. The van der Waals surface area contributed by atoms with E-state index in [4.69, 9.17) is 11.6 Å². The maximum absolute atomic E-state index is 6.14. The van der Waals surface area contributed by atoms with Crippen molar-refractivity contribution in [2.24, 2.45) is 0 Å². The smallest absolute Gasteiger partial charge is 0.158 e. The quantitative estimate of drug-likeness (QED) is 0.890. The number of fused-ring (bicyclic) bond motifs is 1. The Morgan fingerprint density at radius 1 is 1.44 bits per heavy atom. The zero-order valence-corrected chi connectivity index (χ0v) is 10.5. The molecular formula is C12H16ClN3. The van der Waals surface area contributed by atoms with Gasteiger partial charge < -0.3 is 5.32 Å². The number of rotatable bonds is 3. The molecule has 1 aromatic carbocycles. The second-order valence-electron chi connectivity index (χ2n) is 4.17. The first-order chi connectivity index (χ1) is 7.65. The molecule has 0 aliphatic rings. The molecule has 1 aromatic heterocycles. The van der Waals surface area contributed by atoms with Crippen molar-refractivity contribution in [3.63, 3.8) is 0 Å². The van der Waals surface area contributed by atoms with Crippen molar-refractivity contribution < 1.29 is 0 Å². The molecule has 1 heterocycles. The maximum atomic E-state index is 6.14. The molecule has 0 atom stereocenters. The summed E-state index contributed by atoms with van der Waals surface area (Å²) in [5.74, 6) is 0. The average Bonchev–Trinajstić information content (AvgIpc) is 2.58. The molecule has 0 spiro atoms. The van der Waals surface area contributed by atoms with Gasteiger partial charge >= 0.3 is 0 Å². The summed E-state index contributed by atoms with van der Waals surface area (Å²) in [5, 5.41) is 9.17. The molecule has 0 aliphatic heterocycles. The molecule has 0 fully saturated rings. The first kappa shape index (κ1) is 11.4. The fraction of sp³-hybridized carbons (Fsp3) is 0.417. The molecule has 0 unspecified atom stereocenters. The van der Waals surface area contributed by atoms with E-state index in [0.717, 1.165) is 17.4 Å². The lowest BCUT2D eigenvalue weighted by atomic mass is 10.1. The molecule has 4 heteroatoms. The van der Waals surface area contributed by atoms with E-state index in [1.54, 1.807) is 0 Å². The highest BCUT2D eigenvalue weighted by Gasteiger charge is 2.13. The van der Waals surface area contributed by atoms with Gasteiger partial charge in [-0.25, -0.2) is 0 Å². The van der Waals surface area contributed by atoms with Gasteiger partial charge in [-0.1, -0.05) is 23.7 Å². The van der Waals surface area contributed by atoms with Gasteiger partial charge in [0.25, 0.3) is 0 Å². The van der Waals surface area contributed by atoms with E-state index in [2.05, 4.69) is 30.3 Å². The van der Waals surface area contributed by atoms with Crippen LogP contribution in [0.1, 0.15) is 25.5 Å². The molecule has 0 saturated heterocycles. The van der Waals surface area contributed by atoms with Gasteiger partial charge in [-0.15, -0.1) is 0 Å². The minimum Gasteiger partial charge on any atom is -0.316 e. The second kappa shape index (κ2) is 4.44. The van der Waals surface area contributed by atoms with Crippen molar-refractivity contribution in [1.82, 2.24) is 15.1 Å². The van der Waals surface area contributed by atoms with Crippen LogP contribution in [0, 0.1) is 0 Å². The third-order valence-corrected chi connectivity index (χ3v) is 2.90.